The molecule has 0 saturated carbocycles. The van der Waals surface area contributed by atoms with E-state index in [0.29, 0.717) is 6.61 Å². The number of hydrogen-bond acceptors (Lipinski definition) is 4. The van der Waals surface area contributed by atoms with Crippen molar-refractivity contribution < 1.29 is 4.74 Å². The van der Waals surface area contributed by atoms with E-state index in [4.69, 9.17) is 10.6 Å². The molecule has 0 aliphatic rings. The summed E-state index contributed by atoms with van der Waals surface area (Å²) in [5.74, 6) is 5.58. The average molecular weight is 305 g/mol. The molecular weight excluding hydrogens is 284 g/mol. The summed E-state index contributed by atoms with van der Waals surface area (Å²) in [6, 6.07) is 0.0704. The van der Waals surface area contributed by atoms with E-state index in [-0.39, 0.29) is 12.1 Å². The minimum Gasteiger partial charge on any atom is -0.377 e. The first-order chi connectivity index (χ1) is 8.01. The summed E-state index contributed by atoms with van der Waals surface area (Å²) in [5, 5.41) is 4.36. The molecule has 0 fully saturated rings. The molecule has 5 nitrogen and oxygen atoms in total. The maximum atomic E-state index is 5.58. The number of nitrogens with one attached hydrogen (secondary N) is 1. The molecule has 2 atom stereocenters. The molecule has 17 heavy (non-hydrogen) atoms. The molecule has 0 amide bonds. The predicted molar refractivity (Wildman–Crippen MR) is 71.5 cm³/mol. The summed E-state index contributed by atoms with van der Waals surface area (Å²) in [6.07, 6.45) is 0.836. The van der Waals surface area contributed by atoms with Crippen molar-refractivity contribution in [3.63, 3.8) is 0 Å². The SMILES string of the molecule is CCOC(C)C(Cc1c(Br)c(C)nn1C)NN. The summed E-state index contributed by atoms with van der Waals surface area (Å²) in [4.78, 5) is 0. The number of nitrogens with zero attached hydrogens (tertiary/aromatic N) is 2. The minimum absolute atomic E-state index is 0.0621. The Morgan fingerprint density at radius 2 is 2.24 bits per heavy atom. The molecule has 0 radical (unpaired) electrons. The van der Waals surface area contributed by atoms with Crippen molar-refractivity contribution >= 4 is 15.9 Å². The second-order valence-corrected chi connectivity index (χ2v) is 4.90. The Morgan fingerprint density at radius 1 is 1.59 bits per heavy atom. The summed E-state index contributed by atoms with van der Waals surface area (Å²) < 4.78 is 8.49. The molecule has 98 valence electrons. The number of halogens is 1. The molecule has 2 unspecified atom stereocenters. The highest BCUT2D eigenvalue weighted by molar-refractivity contribution is 9.10. The van der Waals surface area contributed by atoms with E-state index >= 15 is 0 Å². The maximum Gasteiger partial charge on any atom is 0.0738 e. The van der Waals surface area contributed by atoms with E-state index < -0.39 is 0 Å². The van der Waals surface area contributed by atoms with E-state index in [1.54, 1.807) is 0 Å². The van der Waals surface area contributed by atoms with Gasteiger partial charge in [0.1, 0.15) is 0 Å². The largest absolute Gasteiger partial charge is 0.377 e. The molecule has 1 aromatic rings. The Hall–Kier alpha value is -0.430. The van der Waals surface area contributed by atoms with Gasteiger partial charge >= 0.3 is 0 Å². The summed E-state index contributed by atoms with van der Waals surface area (Å²) in [7, 11) is 1.94. The van der Waals surface area contributed by atoms with Crippen LogP contribution in [-0.2, 0) is 18.2 Å². The van der Waals surface area contributed by atoms with Crippen molar-refractivity contribution in [1.29, 1.82) is 0 Å². The van der Waals surface area contributed by atoms with Crippen LogP contribution in [0.3, 0.4) is 0 Å². The van der Waals surface area contributed by atoms with Gasteiger partial charge in [0.05, 0.1) is 28.0 Å². The van der Waals surface area contributed by atoms with Crippen LogP contribution in [0.4, 0.5) is 0 Å². The molecule has 1 heterocycles. The van der Waals surface area contributed by atoms with Gasteiger partial charge in [-0.15, -0.1) is 0 Å². The Labute approximate surface area is 111 Å². The normalized spacial score (nSPS) is 14.9. The lowest BCUT2D eigenvalue weighted by molar-refractivity contribution is 0.0471. The molecule has 1 rings (SSSR count). The highest BCUT2D eigenvalue weighted by Crippen LogP contribution is 2.22. The number of nitrogens with two attached hydrogens (primary N) is 1. The van der Waals surface area contributed by atoms with Gasteiger partial charge in [-0.05, 0) is 36.7 Å². The van der Waals surface area contributed by atoms with Gasteiger partial charge in [-0.2, -0.15) is 5.10 Å². The molecule has 0 aliphatic carbocycles. The summed E-state index contributed by atoms with van der Waals surface area (Å²) in [5.41, 5.74) is 4.92. The van der Waals surface area contributed by atoms with E-state index in [1.165, 1.54) is 0 Å². The van der Waals surface area contributed by atoms with Crippen LogP contribution < -0.4 is 11.3 Å². The van der Waals surface area contributed by atoms with E-state index in [0.717, 1.165) is 22.3 Å². The highest BCUT2D eigenvalue weighted by atomic mass is 79.9. The van der Waals surface area contributed by atoms with Crippen molar-refractivity contribution in [2.45, 2.75) is 39.3 Å². The first-order valence-corrected chi connectivity index (χ1v) is 6.56. The zero-order valence-corrected chi connectivity index (χ0v) is 12.4. The van der Waals surface area contributed by atoms with Crippen LogP contribution in [-0.4, -0.2) is 28.5 Å². The molecule has 0 aromatic carbocycles. The monoisotopic (exact) mass is 304 g/mol. The third-order valence-electron chi connectivity index (χ3n) is 2.89. The Morgan fingerprint density at radius 3 is 2.65 bits per heavy atom. The van der Waals surface area contributed by atoms with Crippen molar-refractivity contribution in [2.24, 2.45) is 12.9 Å². The van der Waals surface area contributed by atoms with Gasteiger partial charge in [-0.1, -0.05) is 0 Å². The van der Waals surface area contributed by atoms with Crippen molar-refractivity contribution in [3.05, 3.63) is 15.9 Å². The van der Waals surface area contributed by atoms with Crippen LogP contribution in [0.1, 0.15) is 25.2 Å². The van der Waals surface area contributed by atoms with E-state index in [9.17, 15) is 0 Å². The molecule has 1 aromatic heterocycles. The zero-order valence-electron chi connectivity index (χ0n) is 10.8. The minimum atomic E-state index is 0.0621. The van der Waals surface area contributed by atoms with Gasteiger partial charge in [-0.3, -0.25) is 16.0 Å². The zero-order chi connectivity index (χ0) is 13.0. The van der Waals surface area contributed by atoms with Gasteiger partial charge in [0.2, 0.25) is 0 Å². The fourth-order valence-electron chi connectivity index (χ4n) is 1.85. The summed E-state index contributed by atoms with van der Waals surface area (Å²) in [6.45, 7) is 6.66. The summed E-state index contributed by atoms with van der Waals surface area (Å²) >= 11 is 3.55. The smallest absolute Gasteiger partial charge is 0.0738 e. The number of hydrazine groups is 1. The third-order valence-corrected chi connectivity index (χ3v) is 3.92. The van der Waals surface area contributed by atoms with Crippen LogP contribution in [0.2, 0.25) is 0 Å². The molecule has 0 bridgehead atoms. The maximum absolute atomic E-state index is 5.58. The molecule has 3 N–H and O–H groups in total. The molecular formula is C11H21BrN4O. The standard InChI is InChI=1S/C11H21BrN4O/c1-5-17-8(3)9(14-13)6-10-11(12)7(2)15-16(10)4/h8-9,14H,5-6,13H2,1-4H3. The Kier molecular flexibility index (Phi) is 5.58. The van der Waals surface area contributed by atoms with Gasteiger partial charge in [0.15, 0.2) is 0 Å². The lowest BCUT2D eigenvalue weighted by Crippen LogP contribution is -2.45. The van der Waals surface area contributed by atoms with Gasteiger partial charge in [0, 0.05) is 20.1 Å². The van der Waals surface area contributed by atoms with Crippen molar-refractivity contribution in [1.82, 2.24) is 15.2 Å². The Balaban J connectivity index is 2.80. The van der Waals surface area contributed by atoms with Crippen LogP contribution in [0, 0.1) is 6.92 Å². The number of ether oxygens (including phenoxy) is 1. The van der Waals surface area contributed by atoms with E-state index in [2.05, 4.69) is 26.5 Å². The number of aromatic nitrogens is 2. The number of rotatable bonds is 6. The van der Waals surface area contributed by atoms with Gasteiger partial charge in [-0.25, -0.2) is 0 Å². The van der Waals surface area contributed by atoms with Crippen molar-refractivity contribution in [2.75, 3.05) is 6.61 Å². The second-order valence-electron chi connectivity index (χ2n) is 4.11. The van der Waals surface area contributed by atoms with Crippen LogP contribution in [0.15, 0.2) is 4.47 Å². The molecule has 0 saturated heterocycles. The van der Waals surface area contributed by atoms with Crippen LogP contribution >= 0.6 is 15.9 Å². The van der Waals surface area contributed by atoms with Gasteiger partial charge < -0.3 is 4.74 Å². The number of hydrogen-bond donors (Lipinski definition) is 2. The molecule has 0 aliphatic heterocycles. The van der Waals surface area contributed by atoms with Crippen LogP contribution in [0.25, 0.3) is 0 Å². The average Bonchev–Trinajstić information content (AvgIpc) is 2.51. The van der Waals surface area contributed by atoms with E-state index in [1.807, 2.05) is 32.5 Å². The highest BCUT2D eigenvalue weighted by Gasteiger charge is 2.21. The first-order valence-electron chi connectivity index (χ1n) is 5.76. The molecule has 6 heteroatoms. The lowest BCUT2D eigenvalue weighted by Gasteiger charge is -2.23. The quantitative estimate of drug-likeness (QED) is 0.614. The fourth-order valence-corrected chi connectivity index (χ4v) is 2.35. The first kappa shape index (κ1) is 14.6. The number of aryl methyl sites for hydroxylation is 2. The third kappa shape index (κ3) is 3.51. The fraction of sp³-hybridized carbons (Fsp3) is 0.727. The van der Waals surface area contributed by atoms with Gasteiger partial charge in [0.25, 0.3) is 0 Å². The second kappa shape index (κ2) is 6.49. The lowest BCUT2D eigenvalue weighted by atomic mass is 10.1. The topological polar surface area (TPSA) is 65.1 Å². The Bertz CT molecular complexity index is 367. The molecule has 0 spiro atoms. The predicted octanol–water partition coefficient (Wildman–Crippen LogP) is 1.29. The van der Waals surface area contributed by atoms with Crippen molar-refractivity contribution in [3.8, 4) is 0 Å². The van der Waals surface area contributed by atoms with Crippen LogP contribution in [0.5, 0.6) is 0 Å².